The molecule has 0 aromatic carbocycles. The number of hydrogen-bond donors (Lipinski definition) is 0. The van der Waals surface area contributed by atoms with E-state index in [0.717, 1.165) is 6.54 Å². The van der Waals surface area contributed by atoms with Crippen LogP contribution in [0.1, 0.15) is 34.6 Å². The van der Waals surface area contributed by atoms with Gasteiger partial charge in [-0.25, -0.2) is 0 Å². The highest BCUT2D eigenvalue weighted by molar-refractivity contribution is 5.68. The molecule has 0 bridgehead atoms. The van der Waals surface area contributed by atoms with Gasteiger partial charge in [0.05, 0.1) is 27.2 Å². The van der Waals surface area contributed by atoms with Crippen molar-refractivity contribution < 1.29 is 52.1 Å². The SMILES string of the molecule is CC[N+](C)(C)CCO[C@@H]1O[C@H](COC(C)=O)[C@@H](OC(C)=O)[C@H](OC(C)=O)[C@H]1OC(C)=O. The molecule has 1 rings (SSSR count). The zero-order chi connectivity index (χ0) is 23.8. The van der Waals surface area contributed by atoms with E-state index in [1.807, 2.05) is 21.0 Å². The summed E-state index contributed by atoms with van der Waals surface area (Å²) in [5, 5.41) is 0. The van der Waals surface area contributed by atoms with Gasteiger partial charge in [0, 0.05) is 27.7 Å². The summed E-state index contributed by atoms with van der Waals surface area (Å²) >= 11 is 0. The van der Waals surface area contributed by atoms with Gasteiger partial charge in [0.25, 0.3) is 0 Å². The highest BCUT2D eigenvalue weighted by Gasteiger charge is 2.52. The molecule has 0 saturated carbocycles. The lowest BCUT2D eigenvalue weighted by Crippen LogP contribution is -2.63. The minimum atomic E-state index is -1.22. The summed E-state index contributed by atoms with van der Waals surface area (Å²) in [7, 11) is 4.05. The summed E-state index contributed by atoms with van der Waals surface area (Å²) in [6.07, 6.45) is -5.76. The van der Waals surface area contributed by atoms with Crippen LogP contribution in [0.5, 0.6) is 0 Å². The fraction of sp³-hybridized carbons (Fsp3) is 0.800. The van der Waals surface area contributed by atoms with Gasteiger partial charge in [-0.3, -0.25) is 19.2 Å². The lowest BCUT2D eigenvalue weighted by Gasteiger charge is -2.44. The molecule has 0 aromatic rings. The van der Waals surface area contributed by atoms with Gasteiger partial charge in [-0.2, -0.15) is 0 Å². The van der Waals surface area contributed by atoms with Crippen LogP contribution in [0.15, 0.2) is 0 Å². The summed E-state index contributed by atoms with van der Waals surface area (Å²) in [6, 6.07) is 0. The Balaban J connectivity index is 3.21. The van der Waals surface area contributed by atoms with Gasteiger partial charge in [0.2, 0.25) is 0 Å². The number of nitrogens with zero attached hydrogens (tertiary/aromatic N) is 1. The molecule has 0 radical (unpaired) electrons. The molecule has 178 valence electrons. The maximum atomic E-state index is 11.8. The number of carbonyl (C=O) groups excluding carboxylic acids is 4. The first-order valence-electron chi connectivity index (χ1n) is 10.1. The van der Waals surface area contributed by atoms with Crippen LogP contribution in [0.3, 0.4) is 0 Å². The molecule has 0 aromatic heterocycles. The summed E-state index contributed by atoms with van der Waals surface area (Å²) < 4.78 is 33.4. The number of likely N-dealkylation sites (N-methyl/N-ethyl adjacent to an activating group) is 1. The Bertz CT molecular complexity index is 650. The molecule has 1 fully saturated rings. The van der Waals surface area contributed by atoms with Gasteiger partial charge in [-0.15, -0.1) is 0 Å². The van der Waals surface area contributed by atoms with E-state index in [9.17, 15) is 19.2 Å². The second-order valence-electron chi connectivity index (χ2n) is 7.91. The highest BCUT2D eigenvalue weighted by atomic mass is 16.7. The number of quaternary nitrogens is 1. The molecule has 11 heteroatoms. The Morgan fingerprint density at radius 2 is 1.32 bits per heavy atom. The van der Waals surface area contributed by atoms with Crippen molar-refractivity contribution in [3.63, 3.8) is 0 Å². The Hall–Kier alpha value is -2.24. The average Bonchev–Trinajstić information content (AvgIpc) is 2.63. The van der Waals surface area contributed by atoms with Crippen molar-refractivity contribution >= 4 is 23.9 Å². The van der Waals surface area contributed by atoms with Crippen LogP contribution in [-0.4, -0.2) is 99.5 Å². The summed E-state index contributed by atoms with van der Waals surface area (Å²) in [5.41, 5.74) is 0. The van der Waals surface area contributed by atoms with Crippen LogP contribution in [-0.2, 0) is 47.6 Å². The normalized spacial score (nSPS) is 26.0. The van der Waals surface area contributed by atoms with Gasteiger partial charge in [-0.05, 0) is 6.92 Å². The third-order valence-corrected chi connectivity index (χ3v) is 4.78. The monoisotopic (exact) mass is 448 g/mol. The van der Waals surface area contributed by atoms with Crippen molar-refractivity contribution in [1.82, 2.24) is 0 Å². The van der Waals surface area contributed by atoms with Crippen molar-refractivity contribution in [2.75, 3.05) is 40.4 Å². The molecule has 1 aliphatic rings. The van der Waals surface area contributed by atoms with E-state index in [1.165, 1.54) is 27.7 Å². The second-order valence-corrected chi connectivity index (χ2v) is 7.91. The molecule has 1 aliphatic heterocycles. The van der Waals surface area contributed by atoms with Gasteiger partial charge in [-0.1, -0.05) is 0 Å². The third-order valence-electron chi connectivity index (χ3n) is 4.78. The largest absolute Gasteiger partial charge is 0.463 e. The van der Waals surface area contributed by atoms with Crippen LogP contribution >= 0.6 is 0 Å². The molecule has 1 heterocycles. The zero-order valence-corrected chi connectivity index (χ0v) is 19.2. The van der Waals surface area contributed by atoms with Gasteiger partial charge in [0.15, 0.2) is 24.6 Å². The van der Waals surface area contributed by atoms with E-state index in [1.54, 1.807) is 0 Å². The Labute approximate surface area is 182 Å². The van der Waals surface area contributed by atoms with E-state index in [0.29, 0.717) is 11.0 Å². The summed E-state index contributed by atoms with van der Waals surface area (Å²) in [6.45, 7) is 8.23. The maximum Gasteiger partial charge on any atom is 0.303 e. The van der Waals surface area contributed by atoms with E-state index in [-0.39, 0.29) is 13.2 Å². The lowest BCUT2D eigenvalue weighted by atomic mass is 9.98. The first kappa shape index (κ1) is 26.8. The van der Waals surface area contributed by atoms with Crippen molar-refractivity contribution in [3.8, 4) is 0 Å². The van der Waals surface area contributed by atoms with Crippen LogP contribution in [0, 0.1) is 0 Å². The topological polar surface area (TPSA) is 124 Å². The molecule has 11 nitrogen and oxygen atoms in total. The van der Waals surface area contributed by atoms with Crippen LogP contribution < -0.4 is 0 Å². The average molecular weight is 448 g/mol. The standard InChI is InChI=1S/C20H34NO10/c1-8-21(6,7)9-10-26-20-19(30-15(5)25)18(29-14(4)24)17(28-13(3)23)16(31-20)11-27-12(2)22/h16-20H,8-11H2,1-7H3/q+1/t16-,17-,18+,19-,20-/m1/s1. The Kier molecular flexibility index (Phi) is 10.3. The number of esters is 4. The molecule has 1 saturated heterocycles. The van der Waals surface area contributed by atoms with Gasteiger partial charge in [0.1, 0.15) is 19.3 Å². The quantitative estimate of drug-likeness (QED) is 0.260. The number of rotatable bonds is 10. The van der Waals surface area contributed by atoms with Crippen molar-refractivity contribution in [3.05, 3.63) is 0 Å². The zero-order valence-electron chi connectivity index (χ0n) is 19.2. The number of carbonyl (C=O) groups is 4. The molecule has 0 aliphatic carbocycles. The minimum Gasteiger partial charge on any atom is -0.463 e. The fourth-order valence-corrected chi connectivity index (χ4v) is 2.90. The minimum absolute atomic E-state index is 0.245. The first-order chi connectivity index (χ1) is 14.4. The summed E-state index contributed by atoms with van der Waals surface area (Å²) in [4.78, 5) is 46.5. The summed E-state index contributed by atoms with van der Waals surface area (Å²) in [5.74, 6) is -2.60. The highest BCUT2D eigenvalue weighted by Crippen LogP contribution is 2.30. The smallest absolute Gasteiger partial charge is 0.303 e. The molecule has 0 unspecified atom stereocenters. The van der Waals surface area contributed by atoms with Crippen molar-refractivity contribution in [2.24, 2.45) is 0 Å². The van der Waals surface area contributed by atoms with Crippen LogP contribution in [0.25, 0.3) is 0 Å². The maximum absolute atomic E-state index is 11.8. The van der Waals surface area contributed by atoms with Crippen LogP contribution in [0.2, 0.25) is 0 Å². The molecule has 31 heavy (non-hydrogen) atoms. The van der Waals surface area contributed by atoms with E-state index in [2.05, 4.69) is 0 Å². The lowest BCUT2D eigenvalue weighted by molar-refractivity contribution is -0.889. The molecular weight excluding hydrogens is 414 g/mol. The third kappa shape index (κ3) is 9.19. The predicted molar refractivity (Wildman–Crippen MR) is 105 cm³/mol. The van der Waals surface area contributed by atoms with Crippen molar-refractivity contribution in [2.45, 2.75) is 65.3 Å². The molecule has 0 amide bonds. The van der Waals surface area contributed by atoms with Gasteiger partial charge < -0.3 is 32.9 Å². The fourth-order valence-electron chi connectivity index (χ4n) is 2.90. The Morgan fingerprint density at radius 1 is 0.806 bits per heavy atom. The second kappa shape index (κ2) is 12.0. The Morgan fingerprint density at radius 3 is 1.81 bits per heavy atom. The molecule has 0 N–H and O–H groups in total. The van der Waals surface area contributed by atoms with E-state index in [4.69, 9.17) is 28.4 Å². The first-order valence-corrected chi connectivity index (χ1v) is 10.1. The molecular formula is C20H34NO10+. The number of ether oxygens (including phenoxy) is 6. The predicted octanol–water partition coefficient (Wildman–Crippen LogP) is 0.182. The van der Waals surface area contributed by atoms with Crippen molar-refractivity contribution in [1.29, 1.82) is 0 Å². The number of hydrogen-bond acceptors (Lipinski definition) is 10. The van der Waals surface area contributed by atoms with Gasteiger partial charge >= 0.3 is 23.9 Å². The van der Waals surface area contributed by atoms with E-state index >= 15 is 0 Å². The molecule has 0 spiro atoms. The molecule has 5 atom stereocenters. The van der Waals surface area contributed by atoms with Crippen LogP contribution in [0.4, 0.5) is 0 Å². The van der Waals surface area contributed by atoms with E-state index < -0.39 is 54.6 Å².